The number of nitrogens with two attached hydrogens (primary N) is 1. The Balaban J connectivity index is 2.84. The van der Waals surface area contributed by atoms with E-state index in [9.17, 15) is 0 Å². The first kappa shape index (κ1) is 11.6. The fraction of sp³-hybridized carbons (Fsp3) is 0.700. The molecule has 2 unspecified atom stereocenters. The summed E-state index contributed by atoms with van der Waals surface area (Å²) in [6, 6.07) is 0.00432. The molecule has 1 aromatic rings. The van der Waals surface area contributed by atoms with Gasteiger partial charge in [0.2, 0.25) is 0 Å². The highest BCUT2D eigenvalue weighted by Gasteiger charge is 2.19. The lowest BCUT2D eigenvalue weighted by Crippen LogP contribution is -2.10. The van der Waals surface area contributed by atoms with Crippen LogP contribution in [0.3, 0.4) is 0 Å². The number of thiazole rings is 1. The van der Waals surface area contributed by atoms with Gasteiger partial charge < -0.3 is 10.5 Å². The molecule has 1 heterocycles. The maximum absolute atomic E-state index is 5.75. The van der Waals surface area contributed by atoms with Gasteiger partial charge in [0, 0.05) is 18.5 Å². The highest BCUT2D eigenvalue weighted by Crippen LogP contribution is 2.28. The van der Waals surface area contributed by atoms with Crippen LogP contribution >= 0.6 is 11.3 Å². The predicted octanol–water partition coefficient (Wildman–Crippen LogP) is 2.51. The van der Waals surface area contributed by atoms with Crippen molar-refractivity contribution >= 4 is 11.3 Å². The van der Waals surface area contributed by atoms with Gasteiger partial charge in [-0.25, -0.2) is 4.98 Å². The van der Waals surface area contributed by atoms with Gasteiger partial charge in [-0.2, -0.15) is 0 Å². The number of ether oxygens (including phenoxy) is 1. The molecule has 0 amide bonds. The summed E-state index contributed by atoms with van der Waals surface area (Å²) >= 11 is 1.62. The quantitative estimate of drug-likeness (QED) is 0.837. The lowest BCUT2D eigenvalue weighted by molar-refractivity contribution is 0.0643. The fourth-order valence-corrected chi connectivity index (χ4v) is 2.47. The van der Waals surface area contributed by atoms with Crippen molar-refractivity contribution < 1.29 is 4.74 Å². The molecule has 0 aromatic carbocycles. The lowest BCUT2D eigenvalue weighted by atomic mass is 10.1. The third-order valence-electron chi connectivity index (χ3n) is 2.11. The molecular weight excluding hydrogens is 196 g/mol. The predicted molar refractivity (Wildman–Crippen MR) is 59.3 cm³/mol. The number of rotatable bonds is 4. The van der Waals surface area contributed by atoms with Gasteiger partial charge in [-0.15, -0.1) is 11.3 Å². The molecule has 1 aromatic heterocycles. The van der Waals surface area contributed by atoms with Crippen LogP contribution in [0.2, 0.25) is 0 Å². The first-order valence-electron chi connectivity index (χ1n) is 4.80. The molecule has 2 atom stereocenters. The van der Waals surface area contributed by atoms with E-state index in [1.165, 1.54) is 0 Å². The van der Waals surface area contributed by atoms with E-state index in [1.54, 1.807) is 18.4 Å². The Hall–Kier alpha value is -0.450. The van der Waals surface area contributed by atoms with E-state index in [0.29, 0.717) is 5.92 Å². The van der Waals surface area contributed by atoms with E-state index < -0.39 is 0 Å². The van der Waals surface area contributed by atoms with Gasteiger partial charge in [-0.1, -0.05) is 13.8 Å². The number of hydrogen-bond acceptors (Lipinski definition) is 4. The Bertz CT molecular complexity index is 283. The first-order chi connectivity index (χ1) is 6.56. The highest BCUT2D eigenvalue weighted by atomic mass is 32.1. The summed E-state index contributed by atoms with van der Waals surface area (Å²) in [7, 11) is 1.72. The summed E-state index contributed by atoms with van der Waals surface area (Å²) in [5.74, 6) is 0.437. The topological polar surface area (TPSA) is 48.1 Å². The van der Waals surface area contributed by atoms with Crippen LogP contribution in [0.15, 0.2) is 5.38 Å². The second-order valence-corrected chi connectivity index (χ2v) is 4.69. The van der Waals surface area contributed by atoms with E-state index >= 15 is 0 Å². The standard InChI is InChI=1S/C10H18N2OS/c1-6(2)9(13-4)10-12-8(5-14-10)7(3)11/h5-7,9H,11H2,1-4H3. The summed E-state index contributed by atoms with van der Waals surface area (Å²) in [5, 5.41) is 3.03. The van der Waals surface area contributed by atoms with Crippen molar-refractivity contribution in [3.8, 4) is 0 Å². The van der Waals surface area contributed by atoms with Crippen LogP contribution in [0.4, 0.5) is 0 Å². The van der Waals surface area contributed by atoms with E-state index in [-0.39, 0.29) is 12.1 Å². The average Bonchev–Trinajstić information content (AvgIpc) is 2.53. The molecule has 0 aliphatic heterocycles. The second-order valence-electron chi connectivity index (χ2n) is 3.80. The SMILES string of the molecule is COC(c1nc(C(C)N)cs1)C(C)C. The molecule has 0 spiro atoms. The van der Waals surface area contributed by atoms with Crippen molar-refractivity contribution in [1.82, 2.24) is 4.98 Å². The molecule has 0 saturated carbocycles. The first-order valence-corrected chi connectivity index (χ1v) is 5.68. The zero-order valence-corrected chi connectivity index (χ0v) is 9.97. The van der Waals surface area contributed by atoms with Crippen LogP contribution in [0.1, 0.15) is 43.6 Å². The minimum absolute atomic E-state index is 0.00432. The minimum atomic E-state index is 0.00432. The average molecular weight is 214 g/mol. The van der Waals surface area contributed by atoms with Gasteiger partial charge >= 0.3 is 0 Å². The lowest BCUT2D eigenvalue weighted by Gasteiger charge is -2.16. The Morgan fingerprint density at radius 1 is 1.43 bits per heavy atom. The van der Waals surface area contributed by atoms with E-state index in [4.69, 9.17) is 10.5 Å². The monoisotopic (exact) mass is 214 g/mol. The fourth-order valence-electron chi connectivity index (χ4n) is 1.30. The van der Waals surface area contributed by atoms with Gasteiger partial charge in [-0.3, -0.25) is 0 Å². The highest BCUT2D eigenvalue weighted by molar-refractivity contribution is 7.09. The zero-order valence-electron chi connectivity index (χ0n) is 9.15. The Morgan fingerprint density at radius 2 is 2.07 bits per heavy atom. The summed E-state index contributed by atoms with van der Waals surface area (Å²) in [4.78, 5) is 4.47. The second kappa shape index (κ2) is 4.87. The number of hydrogen-bond donors (Lipinski definition) is 1. The van der Waals surface area contributed by atoms with Gasteiger partial charge in [-0.05, 0) is 12.8 Å². The zero-order chi connectivity index (χ0) is 10.7. The summed E-state index contributed by atoms with van der Waals surface area (Å²) in [6.45, 7) is 6.19. The van der Waals surface area contributed by atoms with E-state index in [2.05, 4.69) is 18.8 Å². The van der Waals surface area contributed by atoms with Crippen LogP contribution in [-0.4, -0.2) is 12.1 Å². The molecule has 0 saturated heterocycles. The van der Waals surface area contributed by atoms with Crippen molar-refractivity contribution in [1.29, 1.82) is 0 Å². The van der Waals surface area contributed by atoms with E-state index in [1.807, 2.05) is 12.3 Å². The molecule has 2 N–H and O–H groups in total. The van der Waals surface area contributed by atoms with Crippen LogP contribution in [0.5, 0.6) is 0 Å². The third kappa shape index (κ3) is 2.53. The molecule has 3 nitrogen and oxygen atoms in total. The normalized spacial score (nSPS) is 15.9. The van der Waals surface area contributed by atoms with Crippen molar-refractivity contribution in [2.24, 2.45) is 11.7 Å². The summed E-state index contributed by atoms with van der Waals surface area (Å²) in [6.07, 6.45) is 0.0903. The molecule has 0 aliphatic carbocycles. The number of nitrogens with zero attached hydrogens (tertiary/aromatic N) is 1. The molecule has 0 fully saturated rings. The molecule has 0 aliphatic rings. The summed E-state index contributed by atoms with van der Waals surface area (Å²) in [5.41, 5.74) is 6.70. The van der Waals surface area contributed by atoms with Crippen LogP contribution in [0.25, 0.3) is 0 Å². The third-order valence-corrected chi connectivity index (χ3v) is 3.03. The number of methoxy groups -OCH3 is 1. The van der Waals surface area contributed by atoms with Crippen LogP contribution in [-0.2, 0) is 4.74 Å². The summed E-state index contributed by atoms with van der Waals surface area (Å²) < 4.78 is 5.40. The van der Waals surface area contributed by atoms with Crippen molar-refractivity contribution in [2.75, 3.05) is 7.11 Å². The maximum Gasteiger partial charge on any atom is 0.122 e. The molecule has 14 heavy (non-hydrogen) atoms. The van der Waals surface area contributed by atoms with Gasteiger partial charge in [0.1, 0.15) is 11.1 Å². The van der Waals surface area contributed by atoms with Crippen LogP contribution in [0, 0.1) is 5.92 Å². The minimum Gasteiger partial charge on any atom is -0.374 e. The molecule has 80 valence electrons. The van der Waals surface area contributed by atoms with E-state index in [0.717, 1.165) is 10.7 Å². The van der Waals surface area contributed by atoms with Gasteiger partial charge in [0.25, 0.3) is 0 Å². The Morgan fingerprint density at radius 3 is 2.43 bits per heavy atom. The van der Waals surface area contributed by atoms with Gasteiger partial charge in [0.15, 0.2) is 0 Å². The van der Waals surface area contributed by atoms with Gasteiger partial charge in [0.05, 0.1) is 5.69 Å². The molecular formula is C10H18N2OS. The molecule has 4 heteroatoms. The van der Waals surface area contributed by atoms with Crippen LogP contribution < -0.4 is 5.73 Å². The van der Waals surface area contributed by atoms with Crippen molar-refractivity contribution in [2.45, 2.75) is 32.9 Å². The Labute approximate surface area is 89.3 Å². The van der Waals surface area contributed by atoms with Crippen molar-refractivity contribution in [3.05, 3.63) is 16.1 Å². The van der Waals surface area contributed by atoms with Crippen molar-refractivity contribution in [3.63, 3.8) is 0 Å². The molecule has 0 radical (unpaired) electrons. The Kier molecular flexibility index (Phi) is 4.04. The smallest absolute Gasteiger partial charge is 0.122 e. The largest absolute Gasteiger partial charge is 0.374 e. The molecule has 1 rings (SSSR count). The number of aromatic nitrogens is 1. The maximum atomic E-state index is 5.75. The molecule has 0 bridgehead atoms.